The molecule has 0 bridgehead atoms. The number of benzene rings is 3. The largest absolute Gasteiger partial charge is 0.256 e. The lowest BCUT2D eigenvalue weighted by molar-refractivity contribution is 0.595. The second kappa shape index (κ2) is 9.41. The molecule has 4 nitrogen and oxygen atoms in total. The van der Waals surface area contributed by atoms with Crippen LogP contribution in [-0.2, 0) is 15.6 Å². The molecular weight excluding hydrogens is 440 g/mol. The number of rotatable bonds is 6. The zero-order valence-electron chi connectivity index (χ0n) is 18.4. The summed E-state index contributed by atoms with van der Waals surface area (Å²) in [7, 11) is -3.43. The standard InChI is InChI=1S/C29H22N2O2S/c32-34(33,21-22-8-2-1-3-9-22)27-14-12-23(13-15-27)24-18-25(28-10-4-6-16-30-28)20-26(19-24)29-11-5-7-17-31-29/h1-20H,21H2. The van der Waals surface area contributed by atoms with Crippen molar-refractivity contribution in [3.8, 4) is 33.6 Å². The minimum atomic E-state index is -3.43. The molecule has 5 rings (SSSR count). The highest BCUT2D eigenvalue weighted by atomic mass is 32.2. The molecule has 0 unspecified atom stereocenters. The van der Waals surface area contributed by atoms with E-state index in [1.165, 1.54) is 0 Å². The maximum Gasteiger partial charge on any atom is 0.182 e. The Balaban J connectivity index is 1.53. The molecule has 0 spiro atoms. The van der Waals surface area contributed by atoms with Crippen LogP contribution in [0.25, 0.3) is 33.6 Å². The van der Waals surface area contributed by atoms with Crippen LogP contribution in [0.15, 0.2) is 126 Å². The van der Waals surface area contributed by atoms with Crippen LogP contribution in [0.1, 0.15) is 5.56 Å². The van der Waals surface area contributed by atoms with Crippen LogP contribution in [0.2, 0.25) is 0 Å². The Bertz CT molecular complexity index is 1440. The molecule has 0 aliphatic carbocycles. The summed E-state index contributed by atoms with van der Waals surface area (Å²) in [5.41, 5.74) is 6.34. The van der Waals surface area contributed by atoms with E-state index in [1.54, 1.807) is 24.5 Å². The first-order valence-corrected chi connectivity index (χ1v) is 12.6. The van der Waals surface area contributed by atoms with E-state index in [1.807, 2.05) is 78.9 Å². The van der Waals surface area contributed by atoms with Crippen molar-refractivity contribution in [1.82, 2.24) is 9.97 Å². The van der Waals surface area contributed by atoms with Gasteiger partial charge < -0.3 is 0 Å². The topological polar surface area (TPSA) is 59.9 Å². The van der Waals surface area contributed by atoms with Crippen LogP contribution in [0.3, 0.4) is 0 Å². The molecule has 0 saturated heterocycles. The first-order chi connectivity index (χ1) is 16.6. The molecular formula is C29H22N2O2S. The number of sulfone groups is 1. The summed E-state index contributed by atoms with van der Waals surface area (Å²) in [6.45, 7) is 0. The highest BCUT2D eigenvalue weighted by molar-refractivity contribution is 7.90. The van der Waals surface area contributed by atoms with Gasteiger partial charge in [-0.2, -0.15) is 0 Å². The van der Waals surface area contributed by atoms with E-state index >= 15 is 0 Å². The van der Waals surface area contributed by atoms with E-state index in [2.05, 4.69) is 28.2 Å². The molecule has 166 valence electrons. The molecule has 5 aromatic rings. The van der Waals surface area contributed by atoms with E-state index in [-0.39, 0.29) is 5.75 Å². The van der Waals surface area contributed by atoms with E-state index < -0.39 is 9.84 Å². The van der Waals surface area contributed by atoms with Gasteiger partial charge in [-0.3, -0.25) is 9.97 Å². The van der Waals surface area contributed by atoms with Gasteiger partial charge in [0, 0.05) is 23.5 Å². The molecule has 2 aromatic heterocycles. The lowest BCUT2D eigenvalue weighted by Gasteiger charge is -2.11. The first-order valence-electron chi connectivity index (χ1n) is 10.9. The molecule has 0 amide bonds. The molecule has 0 radical (unpaired) electrons. The normalized spacial score (nSPS) is 11.3. The van der Waals surface area contributed by atoms with Crippen molar-refractivity contribution in [2.75, 3.05) is 0 Å². The van der Waals surface area contributed by atoms with Crippen molar-refractivity contribution >= 4 is 9.84 Å². The Morgan fingerprint density at radius 3 is 1.59 bits per heavy atom. The quantitative estimate of drug-likeness (QED) is 0.291. The molecule has 0 aliphatic rings. The zero-order chi connectivity index (χ0) is 23.4. The predicted molar refractivity (Wildman–Crippen MR) is 136 cm³/mol. The van der Waals surface area contributed by atoms with Gasteiger partial charge in [0.2, 0.25) is 0 Å². The van der Waals surface area contributed by atoms with Gasteiger partial charge >= 0.3 is 0 Å². The molecule has 5 heteroatoms. The Kier molecular flexibility index (Phi) is 6.02. The van der Waals surface area contributed by atoms with Crippen LogP contribution < -0.4 is 0 Å². The third-order valence-electron chi connectivity index (χ3n) is 5.60. The molecule has 0 fully saturated rings. The summed E-state index contributed by atoms with van der Waals surface area (Å²) in [5.74, 6) is -0.0217. The molecule has 0 atom stereocenters. The third-order valence-corrected chi connectivity index (χ3v) is 7.30. The monoisotopic (exact) mass is 462 g/mol. The summed E-state index contributed by atoms with van der Waals surface area (Å²) >= 11 is 0. The maximum absolute atomic E-state index is 12.9. The highest BCUT2D eigenvalue weighted by Crippen LogP contribution is 2.32. The van der Waals surface area contributed by atoms with Crippen LogP contribution >= 0.6 is 0 Å². The van der Waals surface area contributed by atoms with E-state index in [0.717, 1.165) is 39.2 Å². The second-order valence-electron chi connectivity index (χ2n) is 8.00. The maximum atomic E-state index is 12.9. The van der Waals surface area contributed by atoms with Crippen LogP contribution in [0.4, 0.5) is 0 Å². The number of pyridine rings is 2. The Labute approximate surface area is 199 Å². The van der Waals surface area contributed by atoms with Gasteiger partial charge in [-0.25, -0.2) is 8.42 Å². The second-order valence-corrected chi connectivity index (χ2v) is 9.99. The molecule has 0 saturated carbocycles. The Morgan fingerprint density at radius 2 is 1.06 bits per heavy atom. The van der Waals surface area contributed by atoms with E-state index in [0.29, 0.717) is 4.90 Å². The molecule has 34 heavy (non-hydrogen) atoms. The lowest BCUT2D eigenvalue weighted by Crippen LogP contribution is -2.04. The Morgan fingerprint density at radius 1 is 0.529 bits per heavy atom. The number of hydrogen-bond acceptors (Lipinski definition) is 4. The van der Waals surface area contributed by atoms with Crippen molar-refractivity contribution in [2.24, 2.45) is 0 Å². The first kappa shape index (κ1) is 21.7. The molecule has 2 heterocycles. The van der Waals surface area contributed by atoms with Crippen LogP contribution in [0.5, 0.6) is 0 Å². The number of hydrogen-bond donors (Lipinski definition) is 0. The summed E-state index contributed by atoms with van der Waals surface area (Å²) in [6.07, 6.45) is 3.55. The predicted octanol–water partition coefficient (Wildman–Crippen LogP) is 6.45. The Hall–Kier alpha value is -4.09. The number of nitrogens with zero attached hydrogens (tertiary/aromatic N) is 2. The average Bonchev–Trinajstić information content (AvgIpc) is 2.90. The lowest BCUT2D eigenvalue weighted by atomic mass is 9.96. The minimum absolute atomic E-state index is 0.0217. The van der Waals surface area contributed by atoms with Crippen molar-refractivity contribution in [3.63, 3.8) is 0 Å². The fourth-order valence-electron chi connectivity index (χ4n) is 3.89. The van der Waals surface area contributed by atoms with E-state index in [9.17, 15) is 8.42 Å². The smallest absolute Gasteiger partial charge is 0.182 e. The van der Waals surface area contributed by atoms with Crippen LogP contribution in [0, 0.1) is 0 Å². The van der Waals surface area contributed by atoms with Crippen molar-refractivity contribution < 1.29 is 8.42 Å². The van der Waals surface area contributed by atoms with Crippen LogP contribution in [-0.4, -0.2) is 18.4 Å². The highest BCUT2D eigenvalue weighted by Gasteiger charge is 2.16. The summed E-state index contributed by atoms with van der Waals surface area (Å²) in [6, 6.07) is 34.2. The van der Waals surface area contributed by atoms with Gasteiger partial charge in [-0.1, -0.05) is 54.6 Å². The SMILES string of the molecule is O=S(=O)(Cc1ccccc1)c1ccc(-c2cc(-c3ccccn3)cc(-c3ccccn3)c2)cc1. The van der Waals surface area contributed by atoms with Gasteiger partial charge in [0.1, 0.15) is 0 Å². The molecule has 0 aliphatic heterocycles. The van der Waals surface area contributed by atoms with Crippen molar-refractivity contribution in [1.29, 1.82) is 0 Å². The van der Waals surface area contributed by atoms with E-state index in [4.69, 9.17) is 0 Å². The van der Waals surface area contributed by atoms with Gasteiger partial charge in [0.05, 0.1) is 22.0 Å². The summed E-state index contributed by atoms with van der Waals surface area (Å²) in [4.78, 5) is 9.32. The van der Waals surface area contributed by atoms with Gasteiger partial charge in [0.25, 0.3) is 0 Å². The fourth-order valence-corrected chi connectivity index (χ4v) is 5.24. The van der Waals surface area contributed by atoms with Gasteiger partial charge in [-0.15, -0.1) is 0 Å². The summed E-state index contributed by atoms with van der Waals surface area (Å²) in [5, 5.41) is 0. The number of aromatic nitrogens is 2. The third kappa shape index (κ3) is 4.80. The fraction of sp³-hybridized carbons (Fsp3) is 0.0345. The van der Waals surface area contributed by atoms with Gasteiger partial charge in [-0.05, 0) is 71.3 Å². The van der Waals surface area contributed by atoms with Crippen molar-refractivity contribution in [2.45, 2.75) is 10.6 Å². The van der Waals surface area contributed by atoms with Crippen molar-refractivity contribution in [3.05, 3.63) is 127 Å². The zero-order valence-corrected chi connectivity index (χ0v) is 19.2. The molecule has 0 N–H and O–H groups in total. The van der Waals surface area contributed by atoms with Gasteiger partial charge in [0.15, 0.2) is 9.84 Å². The average molecular weight is 463 g/mol. The minimum Gasteiger partial charge on any atom is -0.256 e. The molecule has 3 aromatic carbocycles. The summed E-state index contributed by atoms with van der Waals surface area (Å²) < 4.78 is 25.8.